The molecule has 1 aliphatic carbocycles. The first kappa shape index (κ1) is 27.8. The summed E-state index contributed by atoms with van der Waals surface area (Å²) in [5.41, 5.74) is 4.39. The van der Waals surface area contributed by atoms with Crippen molar-refractivity contribution in [3.05, 3.63) is 52.6 Å². The van der Waals surface area contributed by atoms with E-state index in [4.69, 9.17) is 4.74 Å². The third-order valence-electron chi connectivity index (χ3n) is 8.74. The highest BCUT2D eigenvalue weighted by Gasteiger charge is 2.43. The minimum atomic E-state index is -1.09. The lowest BCUT2D eigenvalue weighted by molar-refractivity contribution is -0.118. The molecule has 5 nitrogen and oxygen atoms in total. The van der Waals surface area contributed by atoms with Gasteiger partial charge in [0.2, 0.25) is 0 Å². The normalized spacial score (nSPS) is 28.3. The number of alkyl halides is 1. The molecule has 4 rings (SSSR count). The molecule has 2 heterocycles. The molecule has 2 bridgehead atoms. The number of ether oxygens (including phenoxy) is 1. The second-order valence-electron chi connectivity index (χ2n) is 11.7. The number of hydrogen-bond donors (Lipinski definition) is 1. The zero-order valence-corrected chi connectivity index (χ0v) is 23.6. The largest absolute Gasteiger partial charge is 0.493 e. The maximum atomic E-state index is 14.1. The molecule has 2 fully saturated rings. The summed E-state index contributed by atoms with van der Waals surface area (Å²) >= 11 is 0. The predicted octanol–water partition coefficient (Wildman–Crippen LogP) is 5.67. The van der Waals surface area contributed by atoms with E-state index < -0.39 is 6.17 Å². The van der Waals surface area contributed by atoms with Gasteiger partial charge in [0.15, 0.2) is 0 Å². The van der Waals surface area contributed by atoms with Gasteiger partial charge in [-0.1, -0.05) is 25.1 Å². The van der Waals surface area contributed by atoms with E-state index in [9.17, 15) is 9.18 Å². The minimum Gasteiger partial charge on any atom is -0.493 e. The van der Waals surface area contributed by atoms with Crippen LogP contribution in [0.4, 0.5) is 4.39 Å². The van der Waals surface area contributed by atoms with Crippen molar-refractivity contribution in [2.75, 3.05) is 27.2 Å². The molecule has 6 heteroatoms. The summed E-state index contributed by atoms with van der Waals surface area (Å²) in [4.78, 5) is 17.7. The van der Waals surface area contributed by atoms with Crippen molar-refractivity contribution in [1.82, 2.24) is 15.1 Å². The minimum absolute atomic E-state index is 0.138. The molecule has 0 radical (unpaired) electrons. The predicted molar refractivity (Wildman–Crippen MR) is 149 cm³/mol. The molecule has 5 atom stereocenters. The number of unbranched alkanes of at least 4 members (excludes halogenated alkanes) is 1. The van der Waals surface area contributed by atoms with Crippen LogP contribution in [-0.2, 0) is 4.79 Å². The van der Waals surface area contributed by atoms with Crippen LogP contribution < -0.4 is 10.1 Å². The third-order valence-corrected chi connectivity index (χ3v) is 8.74. The van der Waals surface area contributed by atoms with Crippen LogP contribution in [0.1, 0.15) is 75.1 Å². The Balaban J connectivity index is 1.35. The van der Waals surface area contributed by atoms with Crippen LogP contribution in [-0.4, -0.2) is 67.3 Å². The number of carbonyl (C=O) groups is 1. The molecule has 1 aromatic carbocycles. The molecular formula is C31H46FN3O2. The van der Waals surface area contributed by atoms with Crippen molar-refractivity contribution in [3.63, 3.8) is 0 Å². The lowest BCUT2D eigenvalue weighted by Crippen LogP contribution is -2.51. The summed E-state index contributed by atoms with van der Waals surface area (Å²) in [6.07, 6.45) is 10.4. The molecule has 204 valence electrons. The van der Waals surface area contributed by atoms with E-state index in [0.717, 1.165) is 44.6 Å². The van der Waals surface area contributed by atoms with Crippen molar-refractivity contribution in [2.24, 2.45) is 5.92 Å². The Kier molecular flexibility index (Phi) is 9.12. The molecule has 0 aromatic heterocycles. The first-order valence-corrected chi connectivity index (χ1v) is 14.2. The molecular weight excluding hydrogens is 465 g/mol. The fraction of sp³-hybridized carbons (Fsp3) is 0.645. The number of benzene rings is 1. The average Bonchev–Trinajstić information content (AvgIpc) is 3.12. The Hall–Kier alpha value is -2.18. The summed E-state index contributed by atoms with van der Waals surface area (Å²) in [5.74, 6) is 0.692. The van der Waals surface area contributed by atoms with Crippen molar-refractivity contribution in [2.45, 2.75) is 96.6 Å². The number of fused-ring (bicyclic) bond motifs is 2. The molecule has 2 saturated heterocycles. The van der Waals surface area contributed by atoms with Gasteiger partial charge in [-0.3, -0.25) is 9.69 Å². The van der Waals surface area contributed by atoms with Crippen LogP contribution >= 0.6 is 0 Å². The summed E-state index contributed by atoms with van der Waals surface area (Å²) in [6, 6.07) is 5.78. The lowest BCUT2D eigenvalue weighted by atomic mass is 9.90. The molecule has 1 aromatic rings. The van der Waals surface area contributed by atoms with E-state index in [1.165, 1.54) is 35.6 Å². The van der Waals surface area contributed by atoms with Gasteiger partial charge in [-0.2, -0.15) is 0 Å². The fourth-order valence-corrected chi connectivity index (χ4v) is 6.42. The van der Waals surface area contributed by atoms with E-state index >= 15 is 0 Å². The van der Waals surface area contributed by atoms with Gasteiger partial charge in [0.25, 0.3) is 5.91 Å². The van der Waals surface area contributed by atoms with Gasteiger partial charge in [0.05, 0.1) is 6.61 Å². The molecule has 37 heavy (non-hydrogen) atoms. The summed E-state index contributed by atoms with van der Waals surface area (Å²) in [7, 11) is 4.21. The summed E-state index contributed by atoms with van der Waals surface area (Å²) < 4.78 is 20.2. The van der Waals surface area contributed by atoms with Crippen LogP contribution in [0.3, 0.4) is 0 Å². The van der Waals surface area contributed by atoms with Gasteiger partial charge in [-0.15, -0.1) is 0 Å². The Labute approximate surface area is 223 Å². The van der Waals surface area contributed by atoms with Gasteiger partial charge in [0.1, 0.15) is 11.9 Å². The summed E-state index contributed by atoms with van der Waals surface area (Å²) in [5, 5.41) is 3.22. The Morgan fingerprint density at radius 3 is 2.51 bits per heavy atom. The van der Waals surface area contributed by atoms with Crippen molar-refractivity contribution in [1.29, 1.82) is 0 Å². The maximum Gasteiger partial charge on any atom is 0.251 e. The number of piperidine rings is 1. The van der Waals surface area contributed by atoms with Crippen LogP contribution in [0.2, 0.25) is 0 Å². The van der Waals surface area contributed by atoms with Crippen molar-refractivity contribution >= 4 is 5.91 Å². The van der Waals surface area contributed by atoms with E-state index in [2.05, 4.69) is 62.1 Å². The maximum absolute atomic E-state index is 14.1. The van der Waals surface area contributed by atoms with Crippen LogP contribution in [0.15, 0.2) is 35.9 Å². The number of nitrogens with one attached hydrogen (secondary N) is 1. The first-order valence-electron chi connectivity index (χ1n) is 14.2. The Morgan fingerprint density at radius 1 is 1.16 bits per heavy atom. The van der Waals surface area contributed by atoms with Crippen molar-refractivity contribution in [3.8, 4) is 5.75 Å². The number of carbonyl (C=O) groups excluding carboxylic acids is 1. The van der Waals surface area contributed by atoms with Gasteiger partial charge < -0.3 is 15.0 Å². The monoisotopic (exact) mass is 511 g/mol. The number of hydrogen-bond acceptors (Lipinski definition) is 4. The second-order valence-corrected chi connectivity index (χ2v) is 11.7. The molecule has 1 N–H and O–H groups in total. The van der Waals surface area contributed by atoms with Crippen molar-refractivity contribution < 1.29 is 13.9 Å². The first-order chi connectivity index (χ1) is 17.7. The van der Waals surface area contributed by atoms with Gasteiger partial charge in [-0.25, -0.2) is 4.39 Å². The zero-order valence-electron chi connectivity index (χ0n) is 23.6. The highest BCUT2D eigenvalue weighted by Crippen LogP contribution is 2.43. The van der Waals surface area contributed by atoms with Crippen LogP contribution in [0, 0.1) is 19.8 Å². The lowest BCUT2D eigenvalue weighted by Gasteiger charge is -2.43. The topological polar surface area (TPSA) is 44.8 Å². The summed E-state index contributed by atoms with van der Waals surface area (Å²) in [6.45, 7) is 10.4. The SMILES string of the molecule is Cc1c(OCCCCN(C)C)ccc([C@@H](C)N2C3CCC2CC(NC(=O)C2=CC(F)C(C)C=C2)C3)c1C. The van der Waals surface area contributed by atoms with Gasteiger partial charge in [-0.05, 0) is 109 Å². The van der Waals surface area contributed by atoms with E-state index in [1.807, 2.05) is 6.92 Å². The molecule has 4 unspecified atom stereocenters. The second kappa shape index (κ2) is 12.1. The molecule has 0 saturated carbocycles. The highest BCUT2D eigenvalue weighted by atomic mass is 19.1. The average molecular weight is 512 g/mol. The molecule has 0 spiro atoms. The molecule has 2 aliphatic heterocycles. The Bertz CT molecular complexity index is 1010. The van der Waals surface area contributed by atoms with E-state index in [0.29, 0.717) is 23.7 Å². The standard InChI is InChI=1S/C31H46FN3O2/c1-20-9-10-24(17-29(20)32)31(36)33-25-18-26-11-12-27(19-25)35(26)23(4)28-13-14-30(22(3)21(28)2)37-16-8-7-15-34(5)6/h9-10,13-14,17,20,23,25-27,29H,7-8,11-12,15-16,18-19H2,1-6H3,(H,33,36)/t20?,23-,25?,26?,27?,29?/m1/s1. The smallest absolute Gasteiger partial charge is 0.251 e. The molecule has 1 amide bonds. The van der Waals surface area contributed by atoms with Crippen LogP contribution in [0.5, 0.6) is 5.75 Å². The zero-order chi connectivity index (χ0) is 26.7. The third kappa shape index (κ3) is 6.46. The van der Waals surface area contributed by atoms with Crippen LogP contribution in [0.25, 0.3) is 0 Å². The van der Waals surface area contributed by atoms with Gasteiger partial charge >= 0.3 is 0 Å². The molecule has 3 aliphatic rings. The number of allylic oxidation sites excluding steroid dienone is 2. The number of rotatable bonds is 10. The highest BCUT2D eigenvalue weighted by molar-refractivity contribution is 5.96. The number of nitrogens with zero attached hydrogens (tertiary/aromatic N) is 2. The Morgan fingerprint density at radius 2 is 1.86 bits per heavy atom. The van der Waals surface area contributed by atoms with E-state index in [-0.39, 0.29) is 17.9 Å². The number of halogens is 1. The number of amides is 1. The van der Waals surface area contributed by atoms with Gasteiger partial charge in [0, 0.05) is 35.7 Å². The quantitative estimate of drug-likeness (QED) is 0.411. The fourth-order valence-electron chi connectivity index (χ4n) is 6.42. The van der Waals surface area contributed by atoms with E-state index in [1.54, 1.807) is 12.2 Å².